The Morgan fingerprint density at radius 3 is 2.42 bits per heavy atom. The summed E-state index contributed by atoms with van der Waals surface area (Å²) in [5.74, 6) is 0.662. The van der Waals surface area contributed by atoms with Crippen LogP contribution in [0, 0.1) is 5.92 Å². The molecule has 0 rings (SSSR count). The number of halogens is 4. The fourth-order valence-electron chi connectivity index (χ4n) is 0.550. The van der Waals surface area contributed by atoms with Gasteiger partial charge in [-0.15, -0.1) is 11.6 Å². The second-order valence-electron chi connectivity index (χ2n) is 2.72. The van der Waals surface area contributed by atoms with Crippen molar-refractivity contribution in [2.24, 2.45) is 5.92 Å². The molecule has 0 aromatic heterocycles. The van der Waals surface area contributed by atoms with E-state index in [0.717, 1.165) is 0 Å². The molecule has 0 fully saturated rings. The molecule has 0 aromatic carbocycles. The monoisotopic (exact) mass is 204 g/mol. The van der Waals surface area contributed by atoms with Crippen molar-refractivity contribution in [2.45, 2.75) is 19.5 Å². The maximum absolute atomic E-state index is 11.5. The number of rotatable bonds is 5. The lowest BCUT2D eigenvalue weighted by Gasteiger charge is -2.09. The van der Waals surface area contributed by atoms with E-state index < -0.39 is 12.8 Å². The highest BCUT2D eigenvalue weighted by Gasteiger charge is 2.27. The van der Waals surface area contributed by atoms with Gasteiger partial charge in [0.25, 0.3) is 0 Å². The first-order valence-corrected chi connectivity index (χ1v) is 4.19. The van der Waals surface area contributed by atoms with E-state index in [1.807, 2.05) is 6.92 Å². The molecule has 1 unspecified atom stereocenters. The van der Waals surface area contributed by atoms with Crippen LogP contribution >= 0.6 is 11.6 Å². The highest BCUT2D eigenvalue weighted by Crippen LogP contribution is 2.15. The van der Waals surface area contributed by atoms with E-state index in [0.29, 0.717) is 12.3 Å². The summed E-state index contributed by atoms with van der Waals surface area (Å²) in [4.78, 5) is 0. The lowest BCUT2D eigenvalue weighted by Crippen LogP contribution is -2.18. The van der Waals surface area contributed by atoms with E-state index in [2.05, 4.69) is 4.74 Å². The average Bonchev–Trinajstić information content (AvgIpc) is 1.96. The van der Waals surface area contributed by atoms with Crippen LogP contribution in [0.5, 0.6) is 0 Å². The van der Waals surface area contributed by atoms with E-state index in [1.165, 1.54) is 0 Å². The van der Waals surface area contributed by atoms with Crippen LogP contribution in [0.3, 0.4) is 0 Å². The predicted octanol–water partition coefficient (Wildman–Crippen LogP) is 2.83. The van der Waals surface area contributed by atoms with Crippen LogP contribution in [0.15, 0.2) is 0 Å². The van der Waals surface area contributed by atoms with Crippen molar-refractivity contribution in [1.82, 2.24) is 0 Å². The molecule has 0 saturated carbocycles. The van der Waals surface area contributed by atoms with Gasteiger partial charge in [0, 0.05) is 12.5 Å². The first kappa shape index (κ1) is 12.0. The summed E-state index contributed by atoms with van der Waals surface area (Å²) in [7, 11) is 0. The van der Waals surface area contributed by atoms with Crippen molar-refractivity contribution in [1.29, 1.82) is 0 Å². The first-order chi connectivity index (χ1) is 5.45. The molecule has 1 atom stereocenters. The van der Waals surface area contributed by atoms with Gasteiger partial charge in [0.05, 0.1) is 0 Å². The Hall–Kier alpha value is 0.0400. The summed E-state index contributed by atoms with van der Waals surface area (Å²) < 4.78 is 38.9. The predicted molar refractivity (Wildman–Crippen MR) is 41.4 cm³/mol. The number of ether oxygens (including phenoxy) is 1. The molecule has 0 N–H and O–H groups in total. The molecule has 12 heavy (non-hydrogen) atoms. The van der Waals surface area contributed by atoms with Gasteiger partial charge in [-0.1, -0.05) is 6.92 Å². The lowest BCUT2D eigenvalue weighted by atomic mass is 10.1. The summed E-state index contributed by atoms with van der Waals surface area (Å²) in [6.45, 7) is 0.819. The van der Waals surface area contributed by atoms with E-state index in [-0.39, 0.29) is 12.5 Å². The number of alkyl halides is 4. The first-order valence-electron chi connectivity index (χ1n) is 3.66. The minimum Gasteiger partial charge on any atom is -0.372 e. The Balaban J connectivity index is 3.22. The van der Waals surface area contributed by atoms with Gasteiger partial charge in [-0.25, -0.2) is 0 Å². The molecule has 0 bridgehead atoms. The van der Waals surface area contributed by atoms with Gasteiger partial charge in [0.1, 0.15) is 6.61 Å². The Morgan fingerprint density at radius 1 is 1.42 bits per heavy atom. The standard InChI is InChI=1S/C7H12ClF3O/c1-6(4-8)2-3-12-5-7(9,10)11/h6H,2-5H2,1H3. The van der Waals surface area contributed by atoms with Crippen LogP contribution in [-0.4, -0.2) is 25.3 Å². The molecule has 0 saturated heterocycles. The van der Waals surface area contributed by atoms with Gasteiger partial charge >= 0.3 is 6.18 Å². The van der Waals surface area contributed by atoms with Gasteiger partial charge in [0.2, 0.25) is 0 Å². The topological polar surface area (TPSA) is 9.23 Å². The Labute approximate surface area is 74.8 Å². The highest BCUT2D eigenvalue weighted by atomic mass is 35.5. The molecule has 0 heterocycles. The van der Waals surface area contributed by atoms with Crippen LogP contribution < -0.4 is 0 Å². The van der Waals surface area contributed by atoms with Crippen molar-refractivity contribution in [3.05, 3.63) is 0 Å². The zero-order chi connectivity index (χ0) is 9.61. The SMILES string of the molecule is CC(CCl)CCOCC(F)(F)F. The minimum absolute atomic E-state index is 0.118. The zero-order valence-electron chi connectivity index (χ0n) is 6.83. The van der Waals surface area contributed by atoms with Crippen molar-refractivity contribution in [3.8, 4) is 0 Å². The molecule has 0 aliphatic heterocycles. The average molecular weight is 205 g/mol. The van der Waals surface area contributed by atoms with E-state index >= 15 is 0 Å². The molecule has 0 aliphatic carbocycles. The second-order valence-corrected chi connectivity index (χ2v) is 3.02. The van der Waals surface area contributed by atoms with Crippen molar-refractivity contribution in [2.75, 3.05) is 19.1 Å². The molecule has 0 aromatic rings. The third-order valence-electron chi connectivity index (χ3n) is 1.28. The summed E-state index contributed by atoms with van der Waals surface area (Å²) >= 11 is 5.44. The molecule has 0 spiro atoms. The van der Waals surface area contributed by atoms with E-state index in [9.17, 15) is 13.2 Å². The van der Waals surface area contributed by atoms with Gasteiger partial charge in [-0.2, -0.15) is 13.2 Å². The van der Waals surface area contributed by atoms with Crippen LogP contribution in [0.2, 0.25) is 0 Å². The second kappa shape index (κ2) is 5.65. The fourth-order valence-corrected chi connectivity index (χ4v) is 0.704. The van der Waals surface area contributed by atoms with Crippen LogP contribution in [0.25, 0.3) is 0 Å². The van der Waals surface area contributed by atoms with E-state index in [4.69, 9.17) is 11.6 Å². The number of hydrogen-bond donors (Lipinski definition) is 0. The maximum Gasteiger partial charge on any atom is 0.411 e. The zero-order valence-corrected chi connectivity index (χ0v) is 7.58. The van der Waals surface area contributed by atoms with Crippen LogP contribution in [0.4, 0.5) is 13.2 Å². The van der Waals surface area contributed by atoms with Crippen molar-refractivity contribution >= 4 is 11.6 Å². The summed E-state index contributed by atoms with van der Waals surface area (Å²) in [6.07, 6.45) is -3.65. The van der Waals surface area contributed by atoms with Crippen LogP contribution in [0.1, 0.15) is 13.3 Å². The minimum atomic E-state index is -4.22. The summed E-state index contributed by atoms with van der Waals surface area (Å²) in [5, 5.41) is 0. The quantitative estimate of drug-likeness (QED) is 0.494. The Bertz CT molecular complexity index is 116. The number of hydrogen-bond acceptors (Lipinski definition) is 1. The van der Waals surface area contributed by atoms with Crippen molar-refractivity contribution < 1.29 is 17.9 Å². The summed E-state index contributed by atoms with van der Waals surface area (Å²) in [5.41, 5.74) is 0. The molecular formula is C7H12ClF3O. The lowest BCUT2D eigenvalue weighted by molar-refractivity contribution is -0.174. The molecule has 1 nitrogen and oxygen atoms in total. The molecule has 5 heteroatoms. The van der Waals surface area contributed by atoms with Crippen molar-refractivity contribution in [3.63, 3.8) is 0 Å². The van der Waals surface area contributed by atoms with Gasteiger partial charge in [-0.05, 0) is 12.3 Å². The molecule has 0 radical (unpaired) electrons. The molecular weight excluding hydrogens is 193 g/mol. The van der Waals surface area contributed by atoms with Gasteiger partial charge < -0.3 is 4.74 Å². The molecule has 0 aliphatic rings. The molecule has 74 valence electrons. The third-order valence-corrected chi connectivity index (χ3v) is 1.81. The third kappa shape index (κ3) is 8.14. The van der Waals surface area contributed by atoms with Crippen LogP contribution in [-0.2, 0) is 4.74 Å². The van der Waals surface area contributed by atoms with Gasteiger partial charge in [0.15, 0.2) is 0 Å². The summed E-state index contributed by atoms with van der Waals surface area (Å²) in [6, 6.07) is 0. The Morgan fingerprint density at radius 2 is 2.00 bits per heavy atom. The highest BCUT2D eigenvalue weighted by molar-refractivity contribution is 6.18. The maximum atomic E-state index is 11.5. The Kier molecular flexibility index (Phi) is 5.66. The normalized spacial score (nSPS) is 14.8. The van der Waals surface area contributed by atoms with Gasteiger partial charge in [-0.3, -0.25) is 0 Å². The molecule has 0 amide bonds. The largest absolute Gasteiger partial charge is 0.411 e. The fraction of sp³-hybridized carbons (Fsp3) is 1.00. The smallest absolute Gasteiger partial charge is 0.372 e. The van der Waals surface area contributed by atoms with E-state index in [1.54, 1.807) is 0 Å².